The molecule has 0 fully saturated rings. The molecule has 0 aliphatic carbocycles. The number of carbonyl (C=O) groups excluding carboxylic acids is 1. The second kappa shape index (κ2) is 5.50. The maximum atomic E-state index is 11.7. The molecule has 0 atom stereocenters. The number of hydrogen-bond donors (Lipinski definition) is 2. The van der Waals surface area contributed by atoms with Crippen LogP contribution in [0, 0.1) is 0 Å². The van der Waals surface area contributed by atoms with Gasteiger partial charge < -0.3 is 14.8 Å². The molecule has 0 spiro atoms. The van der Waals surface area contributed by atoms with Crippen LogP contribution in [0.25, 0.3) is 0 Å². The summed E-state index contributed by atoms with van der Waals surface area (Å²) >= 11 is 3.13. The Kier molecular flexibility index (Phi) is 4.56. The van der Waals surface area contributed by atoms with Crippen molar-refractivity contribution in [1.82, 2.24) is 5.32 Å². The first kappa shape index (κ1) is 13.3. The lowest BCUT2D eigenvalue weighted by molar-refractivity contribution is 0.0313. The molecule has 4 nitrogen and oxygen atoms in total. The van der Waals surface area contributed by atoms with E-state index in [1.54, 1.807) is 6.07 Å². The topological polar surface area (TPSA) is 62.5 Å². The summed E-state index contributed by atoms with van der Waals surface area (Å²) < 4.78 is 5.37. The number of halogens is 1. The van der Waals surface area contributed by atoms with Gasteiger partial charge in [-0.25, -0.2) is 0 Å². The van der Waals surface area contributed by atoms with Crippen LogP contribution in [-0.2, 0) is 0 Å². The lowest BCUT2D eigenvalue weighted by Gasteiger charge is -2.25. The quantitative estimate of drug-likeness (QED) is 0.874. The minimum Gasteiger partial charge on any atom is -0.457 e. The molecule has 0 aliphatic rings. The highest BCUT2D eigenvalue weighted by molar-refractivity contribution is 9.10. The van der Waals surface area contributed by atoms with E-state index in [-0.39, 0.29) is 12.5 Å². The van der Waals surface area contributed by atoms with Crippen molar-refractivity contribution >= 4 is 21.8 Å². The van der Waals surface area contributed by atoms with Crippen LogP contribution in [0.4, 0.5) is 0 Å². The molecule has 90 valence electrons. The van der Waals surface area contributed by atoms with E-state index in [4.69, 9.17) is 4.42 Å². The molecule has 1 rings (SSSR count). The summed E-state index contributed by atoms with van der Waals surface area (Å²) in [6.07, 6.45) is 2.65. The maximum absolute atomic E-state index is 11.7. The fraction of sp³-hybridized carbons (Fsp3) is 0.545. The lowest BCUT2D eigenvalue weighted by Crippen LogP contribution is -2.42. The third-order valence-electron chi connectivity index (χ3n) is 2.76. The highest BCUT2D eigenvalue weighted by atomic mass is 79.9. The summed E-state index contributed by atoms with van der Waals surface area (Å²) in [7, 11) is 0. The summed E-state index contributed by atoms with van der Waals surface area (Å²) in [6.45, 7) is 4.03. The van der Waals surface area contributed by atoms with Crippen LogP contribution in [0.5, 0.6) is 0 Å². The Morgan fingerprint density at radius 1 is 1.56 bits per heavy atom. The van der Waals surface area contributed by atoms with E-state index in [1.807, 2.05) is 13.8 Å². The van der Waals surface area contributed by atoms with E-state index in [2.05, 4.69) is 21.2 Å². The van der Waals surface area contributed by atoms with Crippen molar-refractivity contribution in [2.45, 2.75) is 32.3 Å². The molecule has 1 aromatic heterocycles. The number of amides is 1. The van der Waals surface area contributed by atoms with Gasteiger partial charge in [-0.05, 0) is 34.8 Å². The van der Waals surface area contributed by atoms with Gasteiger partial charge in [0, 0.05) is 6.54 Å². The first-order valence-corrected chi connectivity index (χ1v) is 6.05. The fourth-order valence-electron chi connectivity index (χ4n) is 1.30. The zero-order chi connectivity index (χ0) is 12.2. The lowest BCUT2D eigenvalue weighted by atomic mass is 9.97. The Bertz CT molecular complexity index is 358. The van der Waals surface area contributed by atoms with Crippen molar-refractivity contribution < 1.29 is 14.3 Å². The normalized spacial score (nSPS) is 11.5. The molecule has 16 heavy (non-hydrogen) atoms. The van der Waals surface area contributed by atoms with E-state index >= 15 is 0 Å². The SMILES string of the molecule is CCC(O)(CC)CNC(=O)c1ccoc1Br. The number of carbonyl (C=O) groups is 1. The third-order valence-corrected chi connectivity index (χ3v) is 3.37. The first-order valence-electron chi connectivity index (χ1n) is 5.26. The second-order valence-corrected chi connectivity index (χ2v) is 4.44. The van der Waals surface area contributed by atoms with Crippen molar-refractivity contribution in [3.8, 4) is 0 Å². The Morgan fingerprint density at radius 3 is 2.62 bits per heavy atom. The number of furan rings is 1. The summed E-state index contributed by atoms with van der Waals surface area (Å²) in [4.78, 5) is 11.7. The van der Waals surface area contributed by atoms with Gasteiger partial charge in [0.05, 0.1) is 17.4 Å². The number of aliphatic hydroxyl groups is 1. The Balaban J connectivity index is 2.57. The average molecular weight is 290 g/mol. The van der Waals surface area contributed by atoms with Crippen LogP contribution >= 0.6 is 15.9 Å². The summed E-state index contributed by atoms with van der Waals surface area (Å²) in [5, 5.41) is 12.7. The molecule has 0 saturated carbocycles. The monoisotopic (exact) mass is 289 g/mol. The largest absolute Gasteiger partial charge is 0.457 e. The van der Waals surface area contributed by atoms with Gasteiger partial charge in [0.15, 0.2) is 4.67 Å². The van der Waals surface area contributed by atoms with Gasteiger partial charge in [0.2, 0.25) is 0 Å². The van der Waals surface area contributed by atoms with Gasteiger partial charge in [0.25, 0.3) is 5.91 Å². The molecular formula is C11H16BrNO3. The van der Waals surface area contributed by atoms with Gasteiger partial charge in [-0.2, -0.15) is 0 Å². The Hall–Kier alpha value is -0.810. The minimum absolute atomic E-state index is 0.246. The molecule has 5 heteroatoms. The molecule has 1 amide bonds. The van der Waals surface area contributed by atoms with E-state index in [9.17, 15) is 9.90 Å². The standard InChI is InChI=1S/C11H16BrNO3/c1-3-11(15,4-2)7-13-10(14)8-5-6-16-9(8)12/h5-6,15H,3-4,7H2,1-2H3,(H,13,14). The smallest absolute Gasteiger partial charge is 0.255 e. The minimum atomic E-state index is -0.828. The van der Waals surface area contributed by atoms with Crippen LogP contribution in [0.2, 0.25) is 0 Å². The predicted octanol–water partition coefficient (Wildman–Crippen LogP) is 2.32. The number of rotatable bonds is 5. The van der Waals surface area contributed by atoms with Crippen LogP contribution in [0.15, 0.2) is 21.4 Å². The highest BCUT2D eigenvalue weighted by Crippen LogP contribution is 2.18. The van der Waals surface area contributed by atoms with E-state index in [0.717, 1.165) is 0 Å². The van der Waals surface area contributed by atoms with Crippen molar-refractivity contribution in [2.75, 3.05) is 6.54 Å². The second-order valence-electron chi connectivity index (χ2n) is 3.72. The van der Waals surface area contributed by atoms with Gasteiger partial charge in [-0.15, -0.1) is 0 Å². The van der Waals surface area contributed by atoms with Crippen molar-refractivity contribution in [2.24, 2.45) is 0 Å². The molecule has 0 saturated heterocycles. The van der Waals surface area contributed by atoms with Crippen LogP contribution < -0.4 is 5.32 Å². The molecule has 0 bridgehead atoms. The summed E-state index contributed by atoms with van der Waals surface area (Å²) in [6, 6.07) is 1.58. The van der Waals surface area contributed by atoms with Crippen molar-refractivity contribution in [3.05, 3.63) is 22.6 Å². The maximum Gasteiger partial charge on any atom is 0.255 e. The average Bonchev–Trinajstić information content (AvgIpc) is 2.72. The Labute approximate surface area is 103 Å². The van der Waals surface area contributed by atoms with Gasteiger partial charge in [-0.3, -0.25) is 4.79 Å². The third kappa shape index (κ3) is 3.09. The molecule has 2 N–H and O–H groups in total. The molecule has 0 aliphatic heterocycles. The van der Waals surface area contributed by atoms with Gasteiger partial charge in [0.1, 0.15) is 0 Å². The van der Waals surface area contributed by atoms with E-state index in [0.29, 0.717) is 23.1 Å². The predicted molar refractivity (Wildman–Crippen MR) is 64.3 cm³/mol. The molecule has 0 unspecified atom stereocenters. The van der Waals surface area contributed by atoms with Crippen molar-refractivity contribution in [3.63, 3.8) is 0 Å². The zero-order valence-electron chi connectivity index (χ0n) is 9.42. The van der Waals surface area contributed by atoms with Crippen LogP contribution in [0.1, 0.15) is 37.0 Å². The van der Waals surface area contributed by atoms with Crippen LogP contribution in [0.3, 0.4) is 0 Å². The van der Waals surface area contributed by atoms with Gasteiger partial charge in [-0.1, -0.05) is 13.8 Å². The molecule has 1 aromatic rings. The molecule has 0 radical (unpaired) electrons. The molecule has 1 heterocycles. The number of hydrogen-bond acceptors (Lipinski definition) is 3. The van der Waals surface area contributed by atoms with Crippen LogP contribution in [-0.4, -0.2) is 23.2 Å². The molecule has 0 aromatic carbocycles. The molecular weight excluding hydrogens is 274 g/mol. The first-order chi connectivity index (χ1) is 7.52. The van der Waals surface area contributed by atoms with E-state index < -0.39 is 5.60 Å². The Morgan fingerprint density at radius 2 is 2.19 bits per heavy atom. The van der Waals surface area contributed by atoms with Gasteiger partial charge >= 0.3 is 0 Å². The zero-order valence-corrected chi connectivity index (χ0v) is 11.0. The summed E-state index contributed by atoms with van der Waals surface area (Å²) in [5.74, 6) is -0.249. The summed E-state index contributed by atoms with van der Waals surface area (Å²) in [5.41, 5.74) is -0.388. The fourth-order valence-corrected chi connectivity index (χ4v) is 1.72. The highest BCUT2D eigenvalue weighted by Gasteiger charge is 2.23. The number of nitrogens with one attached hydrogen (secondary N) is 1. The van der Waals surface area contributed by atoms with Crippen molar-refractivity contribution in [1.29, 1.82) is 0 Å². The van der Waals surface area contributed by atoms with E-state index in [1.165, 1.54) is 6.26 Å².